The summed E-state index contributed by atoms with van der Waals surface area (Å²) in [4.78, 5) is 14.5. The van der Waals surface area contributed by atoms with Gasteiger partial charge in [0.25, 0.3) is 0 Å². The number of fused-ring (bicyclic) bond motifs is 1. The average molecular weight is 349 g/mol. The summed E-state index contributed by atoms with van der Waals surface area (Å²) in [6, 6.07) is 14.4. The maximum atomic E-state index is 12.6. The summed E-state index contributed by atoms with van der Waals surface area (Å²) in [6.07, 6.45) is 5.87. The van der Waals surface area contributed by atoms with E-state index in [0.717, 1.165) is 25.2 Å². The van der Waals surface area contributed by atoms with Gasteiger partial charge in [-0.25, -0.2) is 4.79 Å². The molecule has 2 aromatic heterocycles. The number of carbonyl (C=O) groups excluding carboxylic acids is 1. The van der Waals surface area contributed by atoms with Gasteiger partial charge in [-0.05, 0) is 24.6 Å². The van der Waals surface area contributed by atoms with E-state index in [-0.39, 0.29) is 12.1 Å². The third kappa shape index (κ3) is 3.35. The van der Waals surface area contributed by atoms with Crippen molar-refractivity contribution >= 4 is 6.03 Å². The van der Waals surface area contributed by atoms with Crippen molar-refractivity contribution in [2.24, 2.45) is 0 Å². The van der Waals surface area contributed by atoms with Crippen LogP contribution in [0, 0.1) is 0 Å². The summed E-state index contributed by atoms with van der Waals surface area (Å²) >= 11 is 0. The monoisotopic (exact) mass is 349 g/mol. The Hall–Kier alpha value is -3.02. The first kappa shape index (κ1) is 16.4. The number of hydrogen-bond donors (Lipinski definition) is 1. The van der Waals surface area contributed by atoms with Crippen LogP contribution in [0.25, 0.3) is 0 Å². The minimum Gasteiger partial charge on any atom is -0.348 e. The summed E-state index contributed by atoms with van der Waals surface area (Å²) in [6.45, 7) is 4.85. The zero-order chi connectivity index (χ0) is 17.9. The fraction of sp³-hybridized carbons (Fsp3) is 0.300. The summed E-state index contributed by atoms with van der Waals surface area (Å²) in [7, 11) is 0. The lowest BCUT2D eigenvalue weighted by Crippen LogP contribution is -2.45. The van der Waals surface area contributed by atoms with E-state index in [0.29, 0.717) is 6.54 Å². The fourth-order valence-electron chi connectivity index (χ4n) is 3.49. The molecule has 0 saturated carbocycles. The summed E-state index contributed by atoms with van der Waals surface area (Å²) in [5.41, 5.74) is 3.39. The van der Waals surface area contributed by atoms with Gasteiger partial charge < -0.3 is 14.8 Å². The van der Waals surface area contributed by atoms with Crippen molar-refractivity contribution in [1.29, 1.82) is 0 Å². The Balaban J connectivity index is 1.34. The lowest BCUT2D eigenvalue weighted by molar-refractivity contribution is 0.162. The van der Waals surface area contributed by atoms with Gasteiger partial charge in [0, 0.05) is 43.3 Å². The smallest absolute Gasteiger partial charge is 0.318 e. The third-order valence-corrected chi connectivity index (χ3v) is 4.92. The van der Waals surface area contributed by atoms with Crippen LogP contribution in [0.4, 0.5) is 4.79 Å². The minimum absolute atomic E-state index is 0.0271. The lowest BCUT2D eigenvalue weighted by Gasteiger charge is -2.34. The maximum Gasteiger partial charge on any atom is 0.318 e. The van der Waals surface area contributed by atoms with E-state index < -0.39 is 0 Å². The van der Waals surface area contributed by atoms with E-state index in [1.807, 2.05) is 46.2 Å². The minimum atomic E-state index is -0.0271. The van der Waals surface area contributed by atoms with Crippen molar-refractivity contribution in [1.82, 2.24) is 24.6 Å². The number of amides is 2. The predicted octanol–water partition coefficient (Wildman–Crippen LogP) is 3.02. The van der Waals surface area contributed by atoms with Gasteiger partial charge >= 0.3 is 6.03 Å². The van der Waals surface area contributed by atoms with Crippen LogP contribution in [0.5, 0.6) is 0 Å². The van der Waals surface area contributed by atoms with Crippen molar-refractivity contribution in [3.05, 3.63) is 77.9 Å². The van der Waals surface area contributed by atoms with E-state index in [1.165, 1.54) is 11.3 Å². The van der Waals surface area contributed by atoms with Crippen molar-refractivity contribution < 1.29 is 4.79 Å². The first-order valence-corrected chi connectivity index (χ1v) is 8.95. The number of nitrogens with one attached hydrogen (secondary N) is 1. The molecular weight excluding hydrogens is 326 g/mol. The SMILES string of the molecule is C[C@H]1c2cccn2CCN1C(=O)NCc1cnn(Cc2ccccc2)c1. The average Bonchev–Trinajstić information content (AvgIpc) is 3.30. The molecule has 1 aliphatic rings. The van der Waals surface area contributed by atoms with Crippen molar-refractivity contribution in [3.8, 4) is 0 Å². The Kier molecular flexibility index (Phi) is 4.48. The molecule has 1 N–H and O–H groups in total. The molecule has 1 atom stereocenters. The number of carbonyl (C=O) groups is 1. The predicted molar refractivity (Wildman–Crippen MR) is 99.6 cm³/mol. The second-order valence-corrected chi connectivity index (χ2v) is 6.69. The van der Waals surface area contributed by atoms with E-state index >= 15 is 0 Å². The maximum absolute atomic E-state index is 12.6. The quantitative estimate of drug-likeness (QED) is 0.787. The number of benzene rings is 1. The number of hydrogen-bond acceptors (Lipinski definition) is 2. The topological polar surface area (TPSA) is 55.1 Å². The van der Waals surface area contributed by atoms with E-state index in [2.05, 4.69) is 46.3 Å². The first-order valence-electron chi connectivity index (χ1n) is 8.95. The molecule has 0 saturated heterocycles. The van der Waals surface area contributed by atoms with Gasteiger partial charge in [0.15, 0.2) is 0 Å². The van der Waals surface area contributed by atoms with Gasteiger partial charge in [-0.15, -0.1) is 0 Å². The highest BCUT2D eigenvalue weighted by Gasteiger charge is 2.27. The van der Waals surface area contributed by atoms with Gasteiger partial charge in [0.2, 0.25) is 0 Å². The molecule has 1 aromatic carbocycles. The van der Waals surface area contributed by atoms with E-state index in [9.17, 15) is 4.79 Å². The second-order valence-electron chi connectivity index (χ2n) is 6.69. The number of urea groups is 1. The third-order valence-electron chi connectivity index (χ3n) is 4.92. The standard InChI is InChI=1S/C20H23N5O/c1-16-19-8-5-9-23(19)10-11-25(16)20(26)21-12-18-13-22-24(15-18)14-17-6-3-2-4-7-17/h2-9,13,15-16H,10-12,14H2,1H3,(H,21,26)/t16-/m0/s1. The van der Waals surface area contributed by atoms with Crippen LogP contribution in [0.1, 0.15) is 29.8 Å². The number of nitrogens with zero attached hydrogens (tertiary/aromatic N) is 4. The molecular formula is C20H23N5O. The molecule has 0 aliphatic carbocycles. The number of aromatic nitrogens is 3. The first-order chi connectivity index (χ1) is 12.7. The molecule has 134 valence electrons. The summed E-state index contributed by atoms with van der Waals surface area (Å²) in [5, 5.41) is 7.41. The molecule has 26 heavy (non-hydrogen) atoms. The van der Waals surface area contributed by atoms with Gasteiger partial charge in [-0.3, -0.25) is 4.68 Å². The Morgan fingerprint density at radius 2 is 2.00 bits per heavy atom. The molecule has 6 heteroatoms. The highest BCUT2D eigenvalue weighted by Crippen LogP contribution is 2.25. The molecule has 0 radical (unpaired) electrons. The summed E-state index contributed by atoms with van der Waals surface area (Å²) < 4.78 is 4.11. The van der Waals surface area contributed by atoms with Crippen LogP contribution in [-0.4, -0.2) is 31.8 Å². The highest BCUT2D eigenvalue weighted by molar-refractivity contribution is 5.74. The molecule has 3 heterocycles. The lowest BCUT2D eigenvalue weighted by atomic mass is 10.1. The molecule has 4 rings (SSSR count). The molecule has 0 unspecified atom stereocenters. The van der Waals surface area contributed by atoms with Gasteiger partial charge in [-0.2, -0.15) is 5.10 Å². The second kappa shape index (κ2) is 7.07. The zero-order valence-corrected chi connectivity index (χ0v) is 14.9. The Labute approximate surface area is 153 Å². The van der Waals surface area contributed by atoms with Crippen LogP contribution in [-0.2, 0) is 19.6 Å². The van der Waals surface area contributed by atoms with Gasteiger partial charge in [-0.1, -0.05) is 30.3 Å². The molecule has 1 aliphatic heterocycles. The van der Waals surface area contributed by atoms with Crippen molar-refractivity contribution in [2.75, 3.05) is 6.54 Å². The zero-order valence-electron chi connectivity index (χ0n) is 14.9. The van der Waals surface area contributed by atoms with Crippen molar-refractivity contribution in [2.45, 2.75) is 32.6 Å². The normalized spacial score (nSPS) is 16.3. The summed E-state index contributed by atoms with van der Waals surface area (Å²) in [5.74, 6) is 0. The van der Waals surface area contributed by atoms with Gasteiger partial charge in [0.1, 0.15) is 0 Å². The molecule has 6 nitrogen and oxygen atoms in total. The molecule has 0 spiro atoms. The van der Waals surface area contributed by atoms with E-state index in [1.54, 1.807) is 0 Å². The molecule has 3 aromatic rings. The van der Waals surface area contributed by atoms with Crippen LogP contribution in [0.3, 0.4) is 0 Å². The highest BCUT2D eigenvalue weighted by atomic mass is 16.2. The Morgan fingerprint density at radius 3 is 2.85 bits per heavy atom. The molecule has 0 fully saturated rings. The van der Waals surface area contributed by atoms with Crippen LogP contribution in [0.2, 0.25) is 0 Å². The molecule has 0 bridgehead atoms. The molecule has 2 amide bonds. The fourth-order valence-corrected chi connectivity index (χ4v) is 3.49. The van der Waals surface area contributed by atoms with Gasteiger partial charge in [0.05, 0.1) is 18.8 Å². The van der Waals surface area contributed by atoms with Crippen molar-refractivity contribution in [3.63, 3.8) is 0 Å². The Bertz CT molecular complexity index is 883. The van der Waals surface area contributed by atoms with Crippen LogP contribution in [0.15, 0.2) is 61.1 Å². The Morgan fingerprint density at radius 1 is 1.15 bits per heavy atom. The largest absolute Gasteiger partial charge is 0.348 e. The van der Waals surface area contributed by atoms with Crippen LogP contribution >= 0.6 is 0 Å². The van der Waals surface area contributed by atoms with Crippen LogP contribution < -0.4 is 5.32 Å². The number of rotatable bonds is 4. The van der Waals surface area contributed by atoms with E-state index in [4.69, 9.17) is 0 Å².